The molecule has 0 fully saturated rings. The summed E-state index contributed by atoms with van der Waals surface area (Å²) in [6.45, 7) is 5.19. The average Bonchev–Trinajstić information content (AvgIpc) is 2.91. The predicted octanol–water partition coefficient (Wildman–Crippen LogP) is 4.60. The fourth-order valence-electron chi connectivity index (χ4n) is 3.66. The van der Waals surface area contributed by atoms with Crippen LogP contribution in [0.5, 0.6) is 11.5 Å². The van der Waals surface area contributed by atoms with Crippen molar-refractivity contribution in [1.82, 2.24) is 10.7 Å². The number of halogens is 3. The van der Waals surface area contributed by atoms with Crippen molar-refractivity contribution in [3.05, 3.63) is 70.8 Å². The van der Waals surface area contributed by atoms with Gasteiger partial charge in [-0.2, -0.15) is 0 Å². The normalized spacial score (nSPS) is 11.4. The Hall–Kier alpha value is -4.14. The lowest BCUT2D eigenvalue weighted by Gasteiger charge is -2.20. The van der Waals surface area contributed by atoms with Crippen molar-refractivity contribution in [2.24, 2.45) is 5.84 Å². The van der Waals surface area contributed by atoms with E-state index < -0.39 is 49.8 Å². The third-order valence-corrected chi connectivity index (χ3v) is 7.05. The summed E-state index contributed by atoms with van der Waals surface area (Å²) in [7, 11) is -3.50. The molecule has 3 aromatic carbocycles. The molecule has 0 atom stereocenters. The Kier molecular flexibility index (Phi) is 10.2. The minimum Gasteiger partial charge on any atom is -0.494 e. The largest absolute Gasteiger partial charge is 0.494 e. The third-order valence-electron chi connectivity index (χ3n) is 5.40. The van der Waals surface area contributed by atoms with Crippen LogP contribution >= 0.6 is 11.6 Å². The predicted molar refractivity (Wildman–Crippen MR) is 152 cm³/mol. The van der Waals surface area contributed by atoms with Crippen LogP contribution in [0.3, 0.4) is 0 Å². The van der Waals surface area contributed by atoms with Gasteiger partial charge in [-0.1, -0.05) is 29.8 Å². The maximum absolute atomic E-state index is 15.0. The average molecular weight is 627 g/mol. The molecule has 3 aromatic rings. The molecule has 0 saturated carbocycles. The van der Waals surface area contributed by atoms with E-state index in [4.69, 9.17) is 31.7 Å². The summed E-state index contributed by atoms with van der Waals surface area (Å²) in [5, 5.41) is 2.30. The van der Waals surface area contributed by atoms with Crippen molar-refractivity contribution in [3.63, 3.8) is 0 Å². The van der Waals surface area contributed by atoms with Gasteiger partial charge in [0.25, 0.3) is 15.9 Å². The fourth-order valence-corrected chi connectivity index (χ4v) is 5.28. The van der Waals surface area contributed by atoms with Gasteiger partial charge in [-0.05, 0) is 45.0 Å². The monoisotopic (exact) mass is 626 g/mol. The Labute approximate surface area is 246 Å². The number of ether oxygens (including phenoxy) is 3. The minimum absolute atomic E-state index is 0.0220. The molecule has 3 rings (SSSR count). The Morgan fingerprint density at radius 2 is 1.71 bits per heavy atom. The van der Waals surface area contributed by atoms with Gasteiger partial charge in [-0.25, -0.2) is 27.8 Å². The highest BCUT2D eigenvalue weighted by atomic mass is 35.5. The van der Waals surface area contributed by atoms with Crippen molar-refractivity contribution in [3.8, 4) is 22.6 Å². The third kappa shape index (κ3) is 7.99. The first kappa shape index (κ1) is 32.4. The highest BCUT2D eigenvalue weighted by molar-refractivity contribution is 7.92. The van der Waals surface area contributed by atoms with Crippen LogP contribution in [0.4, 0.5) is 19.3 Å². The van der Waals surface area contributed by atoms with E-state index in [1.807, 2.05) is 5.43 Å². The highest BCUT2D eigenvalue weighted by Gasteiger charge is 2.27. The topological polar surface area (TPSA) is 158 Å². The van der Waals surface area contributed by atoms with Crippen LogP contribution in [0.1, 0.15) is 31.1 Å². The molecule has 0 aliphatic heterocycles. The van der Waals surface area contributed by atoms with E-state index in [2.05, 4.69) is 10.0 Å². The molecule has 0 spiro atoms. The number of methoxy groups -OCH3 is 1. The summed E-state index contributed by atoms with van der Waals surface area (Å²) in [5.74, 6) is 1.93. The second-order valence-electron chi connectivity index (χ2n) is 9.65. The number of nitrogens with one attached hydrogen (secondary N) is 3. The van der Waals surface area contributed by atoms with Crippen LogP contribution in [0.15, 0.2) is 53.4 Å². The molecule has 11 nitrogen and oxygen atoms in total. The number of carbonyl (C=O) groups excluding carboxylic acids is 2. The van der Waals surface area contributed by atoms with Crippen molar-refractivity contribution in [1.29, 1.82) is 0 Å². The van der Waals surface area contributed by atoms with E-state index in [1.54, 1.807) is 32.9 Å². The van der Waals surface area contributed by atoms with E-state index in [1.165, 1.54) is 12.1 Å². The first-order valence-corrected chi connectivity index (χ1v) is 14.1. The number of nitrogen functional groups attached to an aromatic ring is 1. The van der Waals surface area contributed by atoms with Gasteiger partial charge in [-0.3, -0.25) is 14.9 Å². The van der Waals surface area contributed by atoms with Crippen molar-refractivity contribution in [2.75, 3.05) is 25.0 Å². The molecule has 226 valence electrons. The molecule has 0 bridgehead atoms. The van der Waals surface area contributed by atoms with Crippen LogP contribution in [0, 0.1) is 11.6 Å². The zero-order valence-electron chi connectivity index (χ0n) is 23.0. The maximum atomic E-state index is 15.0. The van der Waals surface area contributed by atoms with Gasteiger partial charge in [0, 0.05) is 22.8 Å². The minimum atomic E-state index is -4.65. The standard InChI is InChI=1S/C27H29ClF2N4O7S/c1-27(2,3)41-26(36)32-9-10-40-22-8-6-5-7-16(22)17-13-21(20(30)14-19(17)29)34-42(37,38)23-12-15(25(35)33-31)11-18(28)24(23)39-4/h5-8,11-14,34H,9-10,31H2,1-4H3,(H,32,36)(H,33,35). The van der Waals surface area contributed by atoms with Crippen molar-refractivity contribution >= 4 is 39.3 Å². The van der Waals surface area contributed by atoms with Gasteiger partial charge >= 0.3 is 6.09 Å². The van der Waals surface area contributed by atoms with Gasteiger partial charge in [0.15, 0.2) is 5.75 Å². The SMILES string of the molecule is COc1c(Cl)cc(C(=O)NN)cc1S(=O)(=O)Nc1cc(-c2ccccc2OCCNC(=O)OC(C)(C)C)c(F)cc1F. The van der Waals surface area contributed by atoms with Crippen LogP contribution in [-0.4, -0.2) is 46.3 Å². The van der Waals surface area contributed by atoms with Crippen LogP contribution in [0.25, 0.3) is 11.1 Å². The first-order valence-electron chi connectivity index (χ1n) is 12.3. The number of hydrogen-bond donors (Lipinski definition) is 4. The number of carbonyl (C=O) groups is 2. The summed E-state index contributed by atoms with van der Waals surface area (Å²) in [6.07, 6.45) is -0.645. The van der Waals surface area contributed by atoms with E-state index in [0.29, 0.717) is 6.07 Å². The van der Waals surface area contributed by atoms with Crippen LogP contribution in [-0.2, 0) is 14.8 Å². The Morgan fingerprint density at radius 3 is 2.36 bits per heavy atom. The van der Waals surface area contributed by atoms with Gasteiger partial charge in [-0.15, -0.1) is 0 Å². The molecule has 42 heavy (non-hydrogen) atoms. The molecule has 0 aromatic heterocycles. The van der Waals surface area contributed by atoms with Crippen LogP contribution in [0.2, 0.25) is 5.02 Å². The lowest BCUT2D eigenvalue weighted by atomic mass is 10.0. The van der Waals surface area contributed by atoms with Crippen molar-refractivity contribution in [2.45, 2.75) is 31.3 Å². The number of benzene rings is 3. The molecular formula is C27H29ClF2N4O7S. The molecule has 0 radical (unpaired) electrons. The number of sulfonamides is 1. The highest BCUT2D eigenvalue weighted by Crippen LogP contribution is 2.37. The Morgan fingerprint density at radius 1 is 1.02 bits per heavy atom. The van der Waals surface area contributed by atoms with Crippen LogP contribution < -0.4 is 30.8 Å². The lowest BCUT2D eigenvalue weighted by Crippen LogP contribution is -2.34. The quantitative estimate of drug-likeness (QED) is 0.110. The summed E-state index contributed by atoms with van der Waals surface area (Å²) >= 11 is 6.11. The van der Waals surface area contributed by atoms with Gasteiger partial charge in [0.2, 0.25) is 0 Å². The molecular weight excluding hydrogens is 598 g/mol. The number of hydrazine groups is 1. The zero-order chi connectivity index (χ0) is 31.2. The number of hydrogen-bond acceptors (Lipinski definition) is 8. The van der Waals surface area contributed by atoms with Gasteiger partial charge in [0.1, 0.15) is 34.5 Å². The number of para-hydroxylation sites is 1. The van der Waals surface area contributed by atoms with Gasteiger partial charge in [0.05, 0.1) is 24.4 Å². The summed E-state index contributed by atoms with van der Waals surface area (Å²) < 4.78 is 74.5. The molecule has 2 amide bonds. The molecule has 15 heteroatoms. The number of anilines is 1. The lowest BCUT2D eigenvalue weighted by molar-refractivity contribution is 0.0520. The van der Waals surface area contributed by atoms with E-state index >= 15 is 4.39 Å². The molecule has 0 saturated heterocycles. The van der Waals surface area contributed by atoms with E-state index in [-0.39, 0.29) is 46.4 Å². The number of nitrogens with two attached hydrogens (primary N) is 1. The first-order chi connectivity index (χ1) is 19.7. The fraction of sp³-hybridized carbons (Fsp3) is 0.259. The second-order valence-corrected chi connectivity index (χ2v) is 11.7. The number of alkyl carbamates (subject to hydrolysis) is 1. The smallest absolute Gasteiger partial charge is 0.407 e. The maximum Gasteiger partial charge on any atom is 0.407 e. The molecule has 0 aliphatic carbocycles. The number of amides is 2. The van der Waals surface area contributed by atoms with Gasteiger partial charge < -0.3 is 19.5 Å². The summed E-state index contributed by atoms with van der Waals surface area (Å²) in [6, 6.07) is 9.74. The summed E-state index contributed by atoms with van der Waals surface area (Å²) in [4.78, 5) is 23.3. The number of rotatable bonds is 10. The molecule has 0 heterocycles. The Balaban J connectivity index is 1.92. The zero-order valence-corrected chi connectivity index (χ0v) is 24.6. The molecule has 0 unspecified atom stereocenters. The van der Waals surface area contributed by atoms with E-state index in [9.17, 15) is 22.4 Å². The Bertz CT molecular complexity index is 1600. The summed E-state index contributed by atoms with van der Waals surface area (Å²) in [5.41, 5.74) is 0.338. The second kappa shape index (κ2) is 13.2. The van der Waals surface area contributed by atoms with E-state index in [0.717, 1.165) is 25.3 Å². The molecule has 5 N–H and O–H groups in total. The van der Waals surface area contributed by atoms with Crippen molar-refractivity contribution < 1.29 is 41.0 Å². The molecule has 0 aliphatic rings.